The van der Waals surface area contributed by atoms with Gasteiger partial charge in [0.1, 0.15) is 0 Å². The van der Waals surface area contributed by atoms with Gasteiger partial charge in [0.25, 0.3) is 0 Å². The highest BCUT2D eigenvalue weighted by molar-refractivity contribution is 5.78. The molecule has 3 unspecified atom stereocenters. The molecule has 0 heterocycles. The Bertz CT molecular complexity index is 611. The summed E-state index contributed by atoms with van der Waals surface area (Å²) in [5.41, 5.74) is 2.12. The number of amides is 1. The normalized spacial score (nSPS) is 47.6. The van der Waals surface area contributed by atoms with E-state index in [1.165, 1.54) is 25.7 Å². The van der Waals surface area contributed by atoms with E-state index in [-0.39, 0.29) is 23.3 Å². The summed E-state index contributed by atoms with van der Waals surface area (Å²) in [6, 6.07) is 0.356. The molecule has 0 saturated heterocycles. The number of fused-ring (bicyclic) bond motifs is 5. The van der Waals surface area contributed by atoms with Crippen molar-refractivity contribution >= 4 is 5.91 Å². The lowest BCUT2D eigenvalue weighted by molar-refractivity contribution is -0.126. The molecule has 0 aliphatic heterocycles. The maximum Gasteiger partial charge on any atom is 0.222 e. The Hall–Kier alpha value is -0.830. The lowest BCUT2D eigenvalue weighted by atomic mass is 9.48. The third-order valence-electron chi connectivity index (χ3n) is 8.92. The Morgan fingerprint density at radius 1 is 1.15 bits per heavy atom. The van der Waals surface area contributed by atoms with E-state index >= 15 is 0 Å². The second kappa shape index (κ2) is 6.36. The molecular weight excluding hydrogens is 322 g/mol. The van der Waals surface area contributed by atoms with Crippen LogP contribution in [-0.2, 0) is 4.79 Å². The maximum absolute atomic E-state index is 12.3. The molecule has 26 heavy (non-hydrogen) atoms. The molecule has 0 radical (unpaired) electrons. The lowest BCUT2D eigenvalue weighted by Gasteiger charge is -2.58. The summed E-state index contributed by atoms with van der Waals surface area (Å²) in [7, 11) is 0. The third kappa shape index (κ3) is 2.68. The van der Waals surface area contributed by atoms with Crippen LogP contribution in [0.2, 0.25) is 0 Å². The molecule has 3 nitrogen and oxygen atoms in total. The monoisotopic (exact) mass is 359 g/mol. The van der Waals surface area contributed by atoms with Crippen LogP contribution in [0.4, 0.5) is 0 Å². The Morgan fingerprint density at radius 2 is 1.92 bits per heavy atom. The molecular formula is C23H37NO2. The number of carbonyl (C=O) groups is 1. The SMILES string of the molecule is CC(C)C(=O)N[C@H]1CCC2C3CC=C4C[C@@H](O)CC[C@]4(C)C3CC[C@@]21C. The van der Waals surface area contributed by atoms with Gasteiger partial charge in [0.2, 0.25) is 5.91 Å². The molecule has 0 spiro atoms. The van der Waals surface area contributed by atoms with Gasteiger partial charge in [-0.05, 0) is 80.0 Å². The van der Waals surface area contributed by atoms with E-state index in [0.717, 1.165) is 43.4 Å². The molecule has 0 bridgehead atoms. The third-order valence-corrected chi connectivity index (χ3v) is 8.92. The highest BCUT2D eigenvalue weighted by Gasteiger charge is 2.58. The molecule has 4 aliphatic rings. The number of aliphatic hydroxyl groups excluding tert-OH is 1. The first kappa shape index (κ1) is 18.5. The van der Waals surface area contributed by atoms with Crippen LogP contribution in [0.1, 0.15) is 79.1 Å². The van der Waals surface area contributed by atoms with Crippen molar-refractivity contribution in [2.24, 2.45) is 34.5 Å². The van der Waals surface area contributed by atoms with Crippen molar-refractivity contribution in [2.45, 2.75) is 91.2 Å². The van der Waals surface area contributed by atoms with Crippen LogP contribution in [0.5, 0.6) is 0 Å². The molecule has 4 rings (SSSR count). The van der Waals surface area contributed by atoms with E-state index in [0.29, 0.717) is 11.5 Å². The van der Waals surface area contributed by atoms with Crippen molar-refractivity contribution in [1.82, 2.24) is 5.32 Å². The second-order valence-corrected chi connectivity index (χ2v) is 10.5. The van der Waals surface area contributed by atoms with E-state index in [1.54, 1.807) is 5.57 Å². The quantitative estimate of drug-likeness (QED) is 0.716. The minimum absolute atomic E-state index is 0.0711. The average Bonchev–Trinajstić information content (AvgIpc) is 2.92. The average molecular weight is 360 g/mol. The molecule has 3 heteroatoms. The largest absolute Gasteiger partial charge is 0.393 e. The number of aliphatic hydroxyl groups is 1. The molecule has 146 valence electrons. The van der Waals surface area contributed by atoms with Gasteiger partial charge in [0.15, 0.2) is 0 Å². The van der Waals surface area contributed by atoms with Crippen LogP contribution < -0.4 is 5.32 Å². The molecule has 0 aromatic carbocycles. The van der Waals surface area contributed by atoms with Crippen molar-refractivity contribution in [3.63, 3.8) is 0 Å². The lowest BCUT2D eigenvalue weighted by Crippen LogP contribution is -2.54. The predicted molar refractivity (Wildman–Crippen MR) is 104 cm³/mol. The van der Waals surface area contributed by atoms with Gasteiger partial charge in [-0.15, -0.1) is 0 Å². The van der Waals surface area contributed by atoms with E-state index < -0.39 is 0 Å². The van der Waals surface area contributed by atoms with E-state index in [2.05, 4.69) is 25.2 Å². The summed E-state index contributed by atoms with van der Waals surface area (Å²) in [5, 5.41) is 13.5. The van der Waals surface area contributed by atoms with Gasteiger partial charge in [-0.25, -0.2) is 0 Å². The standard InChI is InChI=1S/C23H37NO2/c1-14(2)21(26)24-20-8-7-18-17-6-5-15-13-16(25)9-11-22(15,3)19(17)10-12-23(18,20)4/h5,14,16-20,25H,6-13H2,1-4H3,(H,24,26)/t16-,17?,18?,19?,20-,22-,23-/m0/s1. The first-order valence-electron chi connectivity index (χ1n) is 10.9. The summed E-state index contributed by atoms with van der Waals surface area (Å²) in [6.07, 6.45) is 11.5. The molecule has 3 fully saturated rings. The molecule has 0 aromatic rings. The number of hydrogen-bond acceptors (Lipinski definition) is 2. The predicted octanol–water partition coefficient (Wildman–Crippen LogP) is 4.45. The Morgan fingerprint density at radius 3 is 2.65 bits per heavy atom. The van der Waals surface area contributed by atoms with Crippen LogP contribution in [0, 0.1) is 34.5 Å². The fraction of sp³-hybridized carbons (Fsp3) is 0.870. The van der Waals surface area contributed by atoms with Gasteiger partial charge in [0, 0.05) is 12.0 Å². The number of hydrogen-bond donors (Lipinski definition) is 2. The molecule has 3 saturated carbocycles. The zero-order valence-electron chi connectivity index (χ0n) is 17.1. The molecule has 2 N–H and O–H groups in total. The number of carbonyl (C=O) groups excluding carboxylic acids is 1. The number of nitrogens with one attached hydrogen (secondary N) is 1. The van der Waals surface area contributed by atoms with Crippen LogP contribution >= 0.6 is 0 Å². The Kier molecular flexibility index (Phi) is 4.53. The van der Waals surface area contributed by atoms with Gasteiger partial charge in [-0.2, -0.15) is 0 Å². The van der Waals surface area contributed by atoms with Gasteiger partial charge in [0.05, 0.1) is 6.10 Å². The maximum atomic E-state index is 12.3. The molecule has 1 amide bonds. The summed E-state index contributed by atoms with van der Waals surface area (Å²) < 4.78 is 0. The highest BCUT2D eigenvalue weighted by Crippen LogP contribution is 2.64. The minimum atomic E-state index is -0.123. The topological polar surface area (TPSA) is 49.3 Å². The summed E-state index contributed by atoms with van der Waals surface area (Å²) in [5.74, 6) is 2.56. The van der Waals surface area contributed by atoms with Gasteiger partial charge in [-0.3, -0.25) is 4.79 Å². The van der Waals surface area contributed by atoms with Crippen molar-refractivity contribution < 1.29 is 9.90 Å². The van der Waals surface area contributed by atoms with Crippen molar-refractivity contribution in [3.05, 3.63) is 11.6 Å². The van der Waals surface area contributed by atoms with Crippen molar-refractivity contribution in [1.29, 1.82) is 0 Å². The van der Waals surface area contributed by atoms with Gasteiger partial charge < -0.3 is 10.4 Å². The van der Waals surface area contributed by atoms with Gasteiger partial charge in [-0.1, -0.05) is 39.3 Å². The summed E-state index contributed by atoms with van der Waals surface area (Å²) in [6.45, 7) is 8.93. The fourth-order valence-electron chi connectivity index (χ4n) is 7.22. The Labute approximate surface area is 159 Å². The van der Waals surface area contributed by atoms with Gasteiger partial charge >= 0.3 is 0 Å². The zero-order valence-corrected chi connectivity index (χ0v) is 17.1. The highest BCUT2D eigenvalue weighted by atomic mass is 16.3. The fourth-order valence-corrected chi connectivity index (χ4v) is 7.22. The Balaban J connectivity index is 1.57. The smallest absolute Gasteiger partial charge is 0.222 e. The number of allylic oxidation sites excluding steroid dienone is 1. The van der Waals surface area contributed by atoms with Crippen LogP contribution in [0.25, 0.3) is 0 Å². The van der Waals surface area contributed by atoms with Crippen LogP contribution in [0.15, 0.2) is 11.6 Å². The minimum Gasteiger partial charge on any atom is -0.393 e. The van der Waals surface area contributed by atoms with Crippen LogP contribution in [0.3, 0.4) is 0 Å². The second-order valence-electron chi connectivity index (χ2n) is 10.5. The van der Waals surface area contributed by atoms with Crippen molar-refractivity contribution in [2.75, 3.05) is 0 Å². The first-order chi connectivity index (χ1) is 12.3. The number of rotatable bonds is 2. The van der Waals surface area contributed by atoms with Crippen molar-refractivity contribution in [3.8, 4) is 0 Å². The first-order valence-corrected chi connectivity index (χ1v) is 10.9. The van der Waals surface area contributed by atoms with E-state index in [4.69, 9.17) is 0 Å². The van der Waals surface area contributed by atoms with Crippen LogP contribution in [-0.4, -0.2) is 23.2 Å². The summed E-state index contributed by atoms with van der Waals surface area (Å²) >= 11 is 0. The zero-order chi connectivity index (χ0) is 18.7. The molecule has 4 aliphatic carbocycles. The van der Waals surface area contributed by atoms with E-state index in [1.807, 2.05) is 13.8 Å². The molecule has 7 atom stereocenters. The summed E-state index contributed by atoms with van der Waals surface area (Å²) in [4.78, 5) is 12.3. The molecule has 0 aromatic heterocycles. The van der Waals surface area contributed by atoms with E-state index in [9.17, 15) is 9.90 Å².